The molecule has 2 rings (SSSR count). The number of primary amides is 1. The Morgan fingerprint density at radius 2 is 1.48 bits per heavy atom. The minimum absolute atomic E-state index is 0.0181. The zero-order chi connectivity index (χ0) is 41.9. The number of likely N-dealkylation sites (tertiary alicyclic amines) is 1. The number of aliphatic hydroxyl groups is 1. The molecule has 17 nitrogen and oxygen atoms in total. The average Bonchev–Trinajstić information content (AvgIpc) is 3.87. The smallest absolute Gasteiger partial charge is 0.242 e. The van der Waals surface area contributed by atoms with Gasteiger partial charge in [0.25, 0.3) is 0 Å². The van der Waals surface area contributed by atoms with Gasteiger partial charge >= 0.3 is 0 Å². The van der Waals surface area contributed by atoms with Gasteiger partial charge in [-0.1, -0.05) is 39.5 Å². The van der Waals surface area contributed by atoms with Crippen molar-refractivity contribution in [2.45, 2.75) is 89.5 Å². The minimum atomic E-state index is -0.945. The Hall–Kier alpha value is -5.45. The van der Waals surface area contributed by atoms with Crippen molar-refractivity contribution in [3.05, 3.63) is 73.7 Å². The van der Waals surface area contributed by atoms with E-state index in [9.17, 15) is 29.1 Å². The molecule has 17 heteroatoms. The van der Waals surface area contributed by atoms with Crippen molar-refractivity contribution in [1.82, 2.24) is 52.3 Å². The lowest BCUT2D eigenvalue weighted by molar-refractivity contribution is -0.128. The largest absolute Gasteiger partial charge is 0.511 e. The van der Waals surface area contributed by atoms with Crippen LogP contribution in [0.15, 0.2) is 73.7 Å². The summed E-state index contributed by atoms with van der Waals surface area (Å²) in [7, 11) is 0. The van der Waals surface area contributed by atoms with Crippen molar-refractivity contribution < 1.29 is 29.1 Å². The molecule has 4 atom stereocenters. The first-order valence-corrected chi connectivity index (χ1v) is 19.1. The topological polar surface area (TPSA) is 234 Å². The molecule has 2 fully saturated rings. The number of amides is 5. The Balaban J connectivity index is 1.79. The van der Waals surface area contributed by atoms with Gasteiger partial charge in [0, 0.05) is 47.5 Å². The van der Waals surface area contributed by atoms with E-state index in [1.54, 1.807) is 0 Å². The summed E-state index contributed by atoms with van der Waals surface area (Å²) in [6.07, 6.45) is 3.50. The Morgan fingerprint density at radius 3 is 2.09 bits per heavy atom. The highest BCUT2D eigenvalue weighted by molar-refractivity contribution is 5.90. The number of carbonyl (C=O) groups excluding carboxylic acids is 5. The maximum Gasteiger partial charge on any atom is 0.242 e. The monoisotopic (exact) mass is 784 g/mol. The molecule has 11 N–H and O–H groups in total. The van der Waals surface area contributed by atoms with Crippen LogP contribution < -0.4 is 48.3 Å². The van der Waals surface area contributed by atoms with Crippen LogP contribution in [0.3, 0.4) is 0 Å². The number of aliphatic hydroxyl groups excluding tert-OH is 1. The van der Waals surface area contributed by atoms with Crippen LogP contribution in [0.2, 0.25) is 0 Å². The van der Waals surface area contributed by atoms with E-state index in [1.165, 1.54) is 0 Å². The quantitative estimate of drug-likeness (QED) is 0.0489. The van der Waals surface area contributed by atoms with Gasteiger partial charge in [0.15, 0.2) is 0 Å². The molecule has 0 aliphatic carbocycles. The van der Waals surface area contributed by atoms with Crippen LogP contribution in [0.25, 0.3) is 0 Å². The molecule has 2 saturated heterocycles. The molecule has 2 aliphatic heterocycles. The molecule has 4 unspecified atom stereocenters. The first kappa shape index (κ1) is 46.7. The molecule has 0 saturated carbocycles. The summed E-state index contributed by atoms with van der Waals surface area (Å²) in [5.74, 6) is -2.38. The third kappa shape index (κ3) is 16.1. The fourth-order valence-electron chi connectivity index (χ4n) is 6.52. The predicted molar refractivity (Wildman–Crippen MR) is 218 cm³/mol. The van der Waals surface area contributed by atoms with Crippen LogP contribution in [0, 0.1) is 0 Å². The predicted octanol–water partition coefficient (Wildman–Crippen LogP) is -0.190. The SMILES string of the molecule is C=C(O)CNC(=C)C1CCCN1C(=C)CNC(=C)C(C)N(C(=C)CNC(=O)CNC(=O)CNC(=O)C(CCC(N)=O)NC(=C)CNC(=O)C1CCCN1)C(C)C. The number of carbonyl (C=O) groups is 5. The van der Waals surface area contributed by atoms with E-state index in [2.05, 4.69) is 86.9 Å². The van der Waals surface area contributed by atoms with Gasteiger partial charge in [-0.15, -0.1) is 0 Å². The van der Waals surface area contributed by atoms with Gasteiger partial charge < -0.3 is 63.2 Å². The summed E-state index contributed by atoms with van der Waals surface area (Å²) in [6.45, 7) is 32.0. The van der Waals surface area contributed by atoms with Crippen LogP contribution >= 0.6 is 0 Å². The Bertz CT molecular complexity index is 1490. The summed E-state index contributed by atoms with van der Waals surface area (Å²) >= 11 is 0. The third-order valence-electron chi connectivity index (χ3n) is 9.53. The third-order valence-corrected chi connectivity index (χ3v) is 9.53. The van der Waals surface area contributed by atoms with Gasteiger partial charge in [0.05, 0.1) is 57.4 Å². The lowest BCUT2D eigenvalue weighted by Gasteiger charge is -2.38. The number of hydrogen-bond donors (Lipinski definition) is 10. The van der Waals surface area contributed by atoms with Crippen molar-refractivity contribution in [3.63, 3.8) is 0 Å². The molecule has 0 spiro atoms. The van der Waals surface area contributed by atoms with Crippen molar-refractivity contribution >= 4 is 29.5 Å². The van der Waals surface area contributed by atoms with Gasteiger partial charge in [0.1, 0.15) is 11.8 Å². The number of nitrogens with two attached hydrogens (primary N) is 1. The maximum atomic E-state index is 12.9. The molecule has 5 amide bonds. The second-order valence-electron chi connectivity index (χ2n) is 14.4. The first-order valence-electron chi connectivity index (χ1n) is 19.1. The highest BCUT2D eigenvalue weighted by Gasteiger charge is 2.29. The van der Waals surface area contributed by atoms with Crippen molar-refractivity contribution in [2.75, 3.05) is 52.4 Å². The Morgan fingerprint density at radius 1 is 0.821 bits per heavy atom. The standard InChI is InChI=1S/C39H65N11O6/c1-24(2)50(31(9)29(7)42-19-26(4)49-17-11-13-34(49)30(8)43-21-28(6)51)27(5)20-44-36(53)22-45-37(54)23-47-39(56)33(14-15-35(40)52)48-25(3)18-46-38(55)32-12-10-16-41-32/h24,31-34,41-43,48,51H,3-8,10-23H2,1-2,9H3,(H2,40,52)(H,44,53)(H,45,54)(H,46,55)(H,47,56). The average molecular weight is 784 g/mol. The van der Waals surface area contributed by atoms with E-state index >= 15 is 0 Å². The molecule has 0 bridgehead atoms. The van der Waals surface area contributed by atoms with Crippen LogP contribution in [-0.4, -0.2) is 127 Å². The Kier molecular flexibility index (Phi) is 19.6. The summed E-state index contributed by atoms with van der Waals surface area (Å²) in [6, 6.07) is -1.33. The number of hydrogen-bond acceptors (Lipinski definition) is 12. The van der Waals surface area contributed by atoms with Gasteiger partial charge in [-0.25, -0.2) is 0 Å². The van der Waals surface area contributed by atoms with Gasteiger partial charge in [-0.05, 0) is 59.4 Å². The molecular formula is C39H65N11O6. The first-order chi connectivity index (χ1) is 26.4. The van der Waals surface area contributed by atoms with Crippen LogP contribution in [0.5, 0.6) is 0 Å². The number of nitrogens with one attached hydrogen (secondary N) is 8. The molecular weight excluding hydrogens is 718 g/mol. The normalized spacial score (nSPS) is 17.1. The van der Waals surface area contributed by atoms with Gasteiger partial charge in [-0.3, -0.25) is 24.0 Å². The second kappa shape index (κ2) is 23.5. The maximum absolute atomic E-state index is 12.9. The van der Waals surface area contributed by atoms with E-state index in [1.807, 2.05) is 25.7 Å². The summed E-state index contributed by atoms with van der Waals surface area (Å²) in [5.41, 5.74) is 8.69. The molecule has 0 aromatic heterocycles. The van der Waals surface area contributed by atoms with E-state index in [-0.39, 0.29) is 74.9 Å². The zero-order valence-electron chi connectivity index (χ0n) is 33.5. The van der Waals surface area contributed by atoms with Gasteiger partial charge in [-0.2, -0.15) is 0 Å². The fraction of sp³-hybridized carbons (Fsp3) is 0.564. The van der Waals surface area contributed by atoms with Gasteiger partial charge in [0.2, 0.25) is 29.5 Å². The van der Waals surface area contributed by atoms with Crippen LogP contribution in [0.4, 0.5) is 0 Å². The van der Waals surface area contributed by atoms with Crippen molar-refractivity contribution in [3.8, 4) is 0 Å². The molecule has 56 heavy (non-hydrogen) atoms. The van der Waals surface area contributed by atoms with Crippen LogP contribution in [0.1, 0.15) is 59.3 Å². The molecule has 2 heterocycles. The van der Waals surface area contributed by atoms with Crippen LogP contribution in [-0.2, 0) is 24.0 Å². The second-order valence-corrected chi connectivity index (χ2v) is 14.4. The molecule has 0 radical (unpaired) electrons. The van der Waals surface area contributed by atoms with Crippen molar-refractivity contribution in [2.24, 2.45) is 5.73 Å². The molecule has 312 valence electrons. The number of nitrogens with zero attached hydrogens (tertiary/aromatic N) is 2. The van der Waals surface area contributed by atoms with E-state index in [0.29, 0.717) is 17.9 Å². The minimum Gasteiger partial charge on any atom is -0.511 e. The van der Waals surface area contributed by atoms with E-state index in [4.69, 9.17) is 5.73 Å². The molecule has 0 aromatic carbocycles. The Labute approximate surface area is 331 Å². The lowest BCUT2D eigenvalue weighted by Crippen LogP contribution is -2.49. The highest BCUT2D eigenvalue weighted by Crippen LogP contribution is 2.25. The van der Waals surface area contributed by atoms with E-state index < -0.39 is 36.2 Å². The summed E-state index contributed by atoms with van der Waals surface area (Å²) < 4.78 is 0. The molecule has 0 aromatic rings. The zero-order valence-corrected chi connectivity index (χ0v) is 33.5. The molecule has 2 aliphatic rings. The van der Waals surface area contributed by atoms with E-state index in [0.717, 1.165) is 55.9 Å². The fourth-order valence-corrected chi connectivity index (χ4v) is 6.52. The number of rotatable bonds is 27. The summed E-state index contributed by atoms with van der Waals surface area (Å²) in [5, 5.41) is 32.5. The lowest BCUT2D eigenvalue weighted by atomic mass is 10.1. The summed E-state index contributed by atoms with van der Waals surface area (Å²) in [4.78, 5) is 66.1. The van der Waals surface area contributed by atoms with Crippen molar-refractivity contribution in [1.29, 1.82) is 0 Å². The highest BCUT2D eigenvalue weighted by atomic mass is 16.3.